The number of carbonyl (C=O) groups is 1. The Morgan fingerprint density at radius 3 is 2.61 bits per heavy atom. The van der Waals surface area contributed by atoms with Crippen molar-refractivity contribution in [2.45, 2.75) is 24.7 Å². The van der Waals surface area contributed by atoms with Gasteiger partial charge in [0, 0.05) is 19.7 Å². The Kier molecular flexibility index (Phi) is 6.41. The van der Waals surface area contributed by atoms with Crippen LogP contribution in [0.15, 0.2) is 23.1 Å². The van der Waals surface area contributed by atoms with Gasteiger partial charge >= 0.3 is 5.97 Å². The Labute approximate surface area is 141 Å². The van der Waals surface area contributed by atoms with Gasteiger partial charge < -0.3 is 9.47 Å². The van der Waals surface area contributed by atoms with Crippen LogP contribution in [0.25, 0.3) is 0 Å². The van der Waals surface area contributed by atoms with Gasteiger partial charge in [0.15, 0.2) is 0 Å². The molecule has 1 aromatic rings. The summed E-state index contributed by atoms with van der Waals surface area (Å²) in [5, 5.41) is 0.159. The summed E-state index contributed by atoms with van der Waals surface area (Å²) in [6, 6.07) is 4.09. The maximum Gasteiger partial charge on any atom is 0.339 e. The fraction of sp³-hybridized carbons (Fsp3) is 0.533. The Morgan fingerprint density at radius 1 is 1.26 bits per heavy atom. The van der Waals surface area contributed by atoms with Gasteiger partial charge in [0.05, 0.1) is 22.1 Å². The normalized spacial score (nSPS) is 15.7. The molecule has 0 amide bonds. The number of rotatable bonds is 7. The SMILES string of the molecule is CCOCCOC(=O)c1cc(S(=O)(=O)N2CCCC2)ccc1Cl. The van der Waals surface area contributed by atoms with Gasteiger partial charge in [-0.25, -0.2) is 13.2 Å². The van der Waals surface area contributed by atoms with Crippen molar-refractivity contribution in [3.63, 3.8) is 0 Å². The van der Waals surface area contributed by atoms with Crippen molar-refractivity contribution >= 4 is 27.6 Å². The second-order valence-corrected chi connectivity index (χ2v) is 7.43. The number of esters is 1. The number of halogens is 1. The lowest BCUT2D eigenvalue weighted by atomic mass is 10.2. The lowest BCUT2D eigenvalue weighted by Crippen LogP contribution is -2.28. The fourth-order valence-electron chi connectivity index (χ4n) is 2.31. The topological polar surface area (TPSA) is 72.9 Å². The fourth-order valence-corrected chi connectivity index (χ4v) is 4.05. The summed E-state index contributed by atoms with van der Waals surface area (Å²) in [5.74, 6) is -0.659. The van der Waals surface area contributed by atoms with Gasteiger partial charge in [-0.2, -0.15) is 4.31 Å². The second kappa shape index (κ2) is 8.10. The molecule has 1 fully saturated rings. The average molecular weight is 362 g/mol. The van der Waals surface area contributed by atoms with Crippen molar-refractivity contribution in [2.24, 2.45) is 0 Å². The van der Waals surface area contributed by atoms with Gasteiger partial charge in [0.2, 0.25) is 10.0 Å². The Morgan fingerprint density at radius 2 is 1.96 bits per heavy atom. The van der Waals surface area contributed by atoms with Crippen molar-refractivity contribution in [3.8, 4) is 0 Å². The van der Waals surface area contributed by atoms with Crippen molar-refractivity contribution in [3.05, 3.63) is 28.8 Å². The summed E-state index contributed by atoms with van der Waals surface area (Å²) >= 11 is 6.00. The zero-order valence-electron chi connectivity index (χ0n) is 13.0. The van der Waals surface area contributed by atoms with Crippen LogP contribution >= 0.6 is 11.6 Å². The third-order valence-corrected chi connectivity index (χ3v) is 5.75. The summed E-state index contributed by atoms with van der Waals surface area (Å²) in [4.78, 5) is 12.1. The summed E-state index contributed by atoms with van der Waals surface area (Å²) < 4.78 is 36.6. The van der Waals surface area contributed by atoms with E-state index in [1.165, 1.54) is 22.5 Å². The van der Waals surface area contributed by atoms with Crippen LogP contribution in [0, 0.1) is 0 Å². The minimum Gasteiger partial charge on any atom is -0.460 e. The van der Waals surface area contributed by atoms with Gasteiger partial charge in [-0.3, -0.25) is 0 Å². The first-order chi connectivity index (χ1) is 11.0. The van der Waals surface area contributed by atoms with Gasteiger partial charge in [-0.15, -0.1) is 0 Å². The summed E-state index contributed by atoms with van der Waals surface area (Å²) in [6.45, 7) is 3.74. The van der Waals surface area contributed by atoms with E-state index in [0.29, 0.717) is 19.7 Å². The lowest BCUT2D eigenvalue weighted by molar-refractivity contribution is 0.0335. The highest BCUT2D eigenvalue weighted by Crippen LogP contribution is 2.25. The Bertz CT molecular complexity index is 656. The van der Waals surface area contributed by atoms with Crippen LogP contribution < -0.4 is 0 Å². The van der Waals surface area contributed by atoms with Gasteiger partial charge in [0.25, 0.3) is 0 Å². The largest absolute Gasteiger partial charge is 0.460 e. The van der Waals surface area contributed by atoms with Crippen LogP contribution in [-0.2, 0) is 19.5 Å². The third-order valence-electron chi connectivity index (χ3n) is 3.53. The predicted molar refractivity (Wildman–Crippen MR) is 86.2 cm³/mol. The van der Waals surface area contributed by atoms with E-state index in [1.807, 2.05) is 6.92 Å². The van der Waals surface area contributed by atoms with E-state index in [1.54, 1.807) is 0 Å². The second-order valence-electron chi connectivity index (χ2n) is 5.09. The third kappa shape index (κ3) is 4.44. The molecule has 0 N–H and O–H groups in total. The molecule has 0 radical (unpaired) electrons. The van der Waals surface area contributed by atoms with E-state index in [0.717, 1.165) is 12.8 Å². The molecule has 0 spiro atoms. The highest BCUT2D eigenvalue weighted by atomic mass is 35.5. The molecule has 0 unspecified atom stereocenters. The first-order valence-electron chi connectivity index (χ1n) is 7.51. The molecule has 0 aliphatic carbocycles. The van der Waals surface area contributed by atoms with Crippen LogP contribution in [0.4, 0.5) is 0 Å². The number of carbonyl (C=O) groups excluding carboxylic acids is 1. The molecular weight excluding hydrogens is 342 g/mol. The minimum absolute atomic E-state index is 0.0448. The zero-order chi connectivity index (χ0) is 16.9. The standard InChI is InChI=1S/C15H20ClNO5S/c1-2-21-9-10-22-15(18)13-11-12(5-6-14(13)16)23(19,20)17-7-3-4-8-17/h5-6,11H,2-4,7-10H2,1H3. The maximum absolute atomic E-state index is 12.5. The van der Waals surface area contributed by atoms with Crippen molar-refractivity contribution in [1.29, 1.82) is 0 Å². The average Bonchev–Trinajstić information content (AvgIpc) is 3.07. The van der Waals surface area contributed by atoms with Crippen LogP contribution in [0.2, 0.25) is 5.02 Å². The first-order valence-corrected chi connectivity index (χ1v) is 9.33. The molecule has 8 heteroatoms. The zero-order valence-corrected chi connectivity index (χ0v) is 14.5. The monoisotopic (exact) mass is 361 g/mol. The van der Waals surface area contributed by atoms with E-state index in [4.69, 9.17) is 21.1 Å². The molecule has 1 aliphatic rings. The van der Waals surface area contributed by atoms with E-state index in [-0.39, 0.29) is 28.7 Å². The maximum atomic E-state index is 12.5. The quantitative estimate of drug-likeness (QED) is 0.550. The summed E-state index contributed by atoms with van der Waals surface area (Å²) in [6.07, 6.45) is 1.69. The molecule has 1 heterocycles. The van der Waals surface area contributed by atoms with Gasteiger partial charge in [-0.1, -0.05) is 11.6 Å². The molecule has 1 aliphatic heterocycles. The number of hydrogen-bond acceptors (Lipinski definition) is 5. The van der Waals surface area contributed by atoms with E-state index < -0.39 is 16.0 Å². The predicted octanol–water partition coefficient (Wildman–Crippen LogP) is 2.32. The van der Waals surface area contributed by atoms with Crippen molar-refractivity contribution in [2.75, 3.05) is 32.9 Å². The number of hydrogen-bond donors (Lipinski definition) is 0. The molecular formula is C15H20ClNO5S. The van der Waals surface area contributed by atoms with E-state index >= 15 is 0 Å². The lowest BCUT2D eigenvalue weighted by Gasteiger charge is -2.16. The molecule has 128 valence electrons. The molecule has 1 saturated heterocycles. The number of sulfonamides is 1. The number of nitrogens with zero attached hydrogens (tertiary/aromatic N) is 1. The highest BCUT2D eigenvalue weighted by Gasteiger charge is 2.28. The summed E-state index contributed by atoms with van der Waals surface area (Å²) in [7, 11) is -3.60. The Hall–Kier alpha value is -1.15. The van der Waals surface area contributed by atoms with Gasteiger partial charge in [0.1, 0.15) is 6.61 Å². The molecule has 23 heavy (non-hydrogen) atoms. The first kappa shape index (κ1) is 18.2. The van der Waals surface area contributed by atoms with Crippen molar-refractivity contribution in [1.82, 2.24) is 4.31 Å². The number of benzene rings is 1. The molecule has 1 aromatic carbocycles. The van der Waals surface area contributed by atoms with Crippen LogP contribution in [0.5, 0.6) is 0 Å². The summed E-state index contributed by atoms with van der Waals surface area (Å²) in [5.41, 5.74) is 0.0448. The van der Waals surface area contributed by atoms with Crippen LogP contribution in [0.1, 0.15) is 30.1 Å². The smallest absolute Gasteiger partial charge is 0.339 e. The van der Waals surface area contributed by atoms with Gasteiger partial charge in [-0.05, 0) is 38.0 Å². The van der Waals surface area contributed by atoms with Crippen LogP contribution in [-0.4, -0.2) is 51.6 Å². The highest BCUT2D eigenvalue weighted by molar-refractivity contribution is 7.89. The molecule has 0 aromatic heterocycles. The molecule has 2 rings (SSSR count). The number of ether oxygens (including phenoxy) is 2. The molecule has 6 nitrogen and oxygen atoms in total. The van der Waals surface area contributed by atoms with Crippen LogP contribution in [0.3, 0.4) is 0 Å². The molecule has 0 saturated carbocycles. The van der Waals surface area contributed by atoms with Crippen molar-refractivity contribution < 1.29 is 22.7 Å². The van der Waals surface area contributed by atoms with E-state index in [9.17, 15) is 13.2 Å². The molecule has 0 bridgehead atoms. The van der Waals surface area contributed by atoms with E-state index in [2.05, 4.69) is 0 Å². The molecule has 0 atom stereocenters. The minimum atomic E-state index is -3.60. The Balaban J connectivity index is 2.16.